The van der Waals surface area contributed by atoms with E-state index in [1.807, 2.05) is 6.07 Å². The van der Waals surface area contributed by atoms with E-state index < -0.39 is 75.4 Å². The van der Waals surface area contributed by atoms with Gasteiger partial charge in [-0.1, -0.05) is 104 Å². The van der Waals surface area contributed by atoms with Gasteiger partial charge in [0.1, 0.15) is 5.66 Å². The van der Waals surface area contributed by atoms with E-state index in [0.29, 0.717) is 83.6 Å². The fourth-order valence-corrected chi connectivity index (χ4v) is 17.4. The molecular formula is C61H51Cl9N3O13P3S3. The largest absolute Gasteiger partial charge is 0.438 e. The average molecular weight is 1540 g/mol. The first kappa shape index (κ1) is 74.8. The molecule has 0 fully saturated rings. The maximum atomic E-state index is 13.3. The average Bonchev–Trinajstić information content (AvgIpc) is 1.59. The molecule has 0 aliphatic heterocycles. The number of carbonyl (C=O) groups excluding carboxylic acids is 4. The second-order valence-electron chi connectivity index (χ2n) is 20.9. The molecule has 31 heteroatoms. The molecule has 92 heavy (non-hydrogen) atoms. The molecule has 0 saturated heterocycles. The normalized spacial score (nSPS) is 14.2. The van der Waals surface area contributed by atoms with E-state index >= 15 is 0 Å². The molecular weight excluding hydrogens is 1490 g/mol. The Bertz CT molecular complexity index is 4270. The fourth-order valence-electron chi connectivity index (χ4n) is 8.61. The Kier molecular flexibility index (Phi) is 26.4. The maximum Gasteiger partial charge on any atom is 0.347 e. The molecule has 0 aliphatic rings. The van der Waals surface area contributed by atoms with Gasteiger partial charge in [-0.15, -0.1) is 34.0 Å². The van der Waals surface area contributed by atoms with Gasteiger partial charge in [0, 0.05) is 84.6 Å². The molecule has 0 spiro atoms. The van der Waals surface area contributed by atoms with Crippen LogP contribution in [-0.4, -0.2) is 56.7 Å². The number of nitrogens with one attached hydrogen (secondary N) is 3. The van der Waals surface area contributed by atoms with Crippen molar-refractivity contribution in [1.29, 1.82) is 0 Å². The van der Waals surface area contributed by atoms with Gasteiger partial charge in [0.15, 0.2) is 11.3 Å². The van der Waals surface area contributed by atoms with Crippen molar-refractivity contribution in [3.05, 3.63) is 223 Å². The molecule has 3 amide bonds. The van der Waals surface area contributed by atoms with E-state index in [1.165, 1.54) is 71.4 Å². The third kappa shape index (κ3) is 21.0. The predicted octanol–water partition coefficient (Wildman–Crippen LogP) is 19.9. The minimum Gasteiger partial charge on any atom is -0.438 e. The number of fused-ring (bicyclic) bond motifs is 3. The molecule has 0 saturated carbocycles. The van der Waals surface area contributed by atoms with Crippen molar-refractivity contribution in [2.24, 2.45) is 5.41 Å². The van der Waals surface area contributed by atoms with Crippen LogP contribution in [-0.2, 0) is 42.1 Å². The van der Waals surface area contributed by atoms with Gasteiger partial charge in [-0.05, 0) is 214 Å². The van der Waals surface area contributed by atoms with Crippen LogP contribution in [0.15, 0.2) is 144 Å². The summed E-state index contributed by atoms with van der Waals surface area (Å²) in [6.45, 7) is 5.26. The first-order chi connectivity index (χ1) is 43.1. The Morgan fingerprint density at radius 3 is 1.09 bits per heavy atom. The lowest BCUT2D eigenvalue weighted by molar-refractivity contribution is -0.160. The summed E-state index contributed by atoms with van der Waals surface area (Å²) in [7, 11) is -13.3. The van der Waals surface area contributed by atoms with Crippen LogP contribution in [0, 0.1) is 5.41 Å². The van der Waals surface area contributed by atoms with Crippen LogP contribution in [0.25, 0.3) is 48.5 Å². The van der Waals surface area contributed by atoms with Gasteiger partial charge in [-0.3, -0.25) is 37.4 Å². The molecule has 0 radical (unpaired) electrons. The number of thiophene rings is 3. The summed E-state index contributed by atoms with van der Waals surface area (Å²) in [4.78, 5) is 91.3. The third-order valence-electron chi connectivity index (χ3n) is 12.7. The lowest BCUT2D eigenvalue weighted by Gasteiger charge is -2.22. The van der Waals surface area contributed by atoms with Crippen LogP contribution >= 0.6 is 161 Å². The molecule has 5 unspecified atom stereocenters. The third-order valence-corrected chi connectivity index (χ3v) is 21.9. The molecule has 7 N–H and O–H groups in total. The number of hydrogen-bond donors (Lipinski definition) is 7. The van der Waals surface area contributed by atoms with Crippen molar-refractivity contribution in [1.82, 2.24) is 16.0 Å². The van der Waals surface area contributed by atoms with Crippen molar-refractivity contribution in [3.63, 3.8) is 0 Å². The lowest BCUT2D eigenvalue weighted by atomic mass is 9.98. The highest BCUT2D eigenvalue weighted by Crippen LogP contribution is 2.59. The van der Waals surface area contributed by atoms with E-state index in [4.69, 9.17) is 114 Å². The van der Waals surface area contributed by atoms with Crippen LogP contribution in [0.4, 0.5) is 0 Å². The van der Waals surface area contributed by atoms with E-state index in [1.54, 1.807) is 146 Å². The van der Waals surface area contributed by atoms with E-state index in [9.17, 15) is 52.4 Å². The highest BCUT2D eigenvalue weighted by molar-refractivity contribution is 7.58. The second-order valence-corrected chi connectivity index (χ2v) is 33.5. The predicted molar refractivity (Wildman–Crippen MR) is 379 cm³/mol. The Morgan fingerprint density at radius 2 is 0.772 bits per heavy atom. The quantitative estimate of drug-likeness (QED) is 0.0240. The Balaban J connectivity index is 0.000000198. The van der Waals surface area contributed by atoms with Gasteiger partial charge in [-0.25, -0.2) is 0 Å². The first-order valence-corrected chi connectivity index (χ1v) is 37.9. The topological polar surface area (TPSA) is 255 Å². The van der Waals surface area contributed by atoms with Gasteiger partial charge in [0.25, 0.3) is 0 Å². The smallest absolute Gasteiger partial charge is 0.347 e. The summed E-state index contributed by atoms with van der Waals surface area (Å²) >= 11 is 57.9. The van der Waals surface area contributed by atoms with Crippen LogP contribution in [0.2, 0.25) is 45.2 Å². The summed E-state index contributed by atoms with van der Waals surface area (Å²) < 4.78 is 50.4. The standard InChI is InChI=1S/C24H23Cl3NO6PS.C19H15Cl3NO3PS.C18H13Cl3NO4PS/c1-24(2,3)23(30)33-13-34-35(31,32)21(19-12-36-20-5-4-15(25)11-18(19)20)22(29)28-7-6-14-8-16(26)10-17(27)9-14;1-27(25,26)18(16-10-28-17-3-2-12(20)9-15(16)17)19(24)23-5-4-11-6-13(21)8-14(22)7-11;19-11-1-2-16-14(8-11)15(9-28-16)17(27(24,25)26)18(23)22-4-3-10-5-12(20)7-13(21)6-10/h4-12,21H,13H2,1-3H3,(H,28,29)(H,31,32);2-10,18H,1H3,(H,23,24)(H,25,26);1-9,17H,(H,22,23)(H2,24,25,26)/b7-6+;5-4+;4-3+. The number of benzene rings is 6. The Morgan fingerprint density at radius 1 is 0.467 bits per heavy atom. The number of rotatable bonds is 18. The minimum atomic E-state index is -4.79. The molecule has 16 nitrogen and oxygen atoms in total. The molecule has 9 aromatic rings. The van der Waals surface area contributed by atoms with Crippen molar-refractivity contribution in [2.75, 3.05) is 13.5 Å². The number of hydrogen-bond acceptors (Lipinski definition) is 12. The molecule has 9 rings (SSSR count). The monoisotopic (exact) mass is 1540 g/mol. The Labute approximate surface area is 584 Å². The SMILES string of the molecule is CC(C)(C)C(=O)OCOP(=O)(O)C(C(=O)N/C=C/c1cc(Cl)cc(Cl)c1)c1csc2ccc(Cl)cc12.CP(=O)(O)C(C(=O)N/C=C/c1cc(Cl)cc(Cl)c1)c1csc2ccc(Cl)cc12.O=C(N/C=C/c1cc(Cl)cc(Cl)c1)C(c1csc2ccc(Cl)cc12)P(=O)(O)O. The zero-order valence-electron chi connectivity index (χ0n) is 48.0. The second kappa shape index (κ2) is 32.4. The zero-order chi connectivity index (χ0) is 67.6. The summed E-state index contributed by atoms with van der Waals surface area (Å²) in [5, 5.41) is 18.0. The van der Waals surface area contributed by atoms with Gasteiger partial charge in [-0.2, -0.15) is 0 Å². The van der Waals surface area contributed by atoms with Crippen LogP contribution in [0.5, 0.6) is 0 Å². The molecule has 3 aromatic heterocycles. The van der Waals surface area contributed by atoms with Crippen LogP contribution in [0.1, 0.15) is 71.1 Å². The summed E-state index contributed by atoms with van der Waals surface area (Å²) in [6, 6.07) is 29.9. The highest BCUT2D eigenvalue weighted by Gasteiger charge is 2.43. The fraction of sp³-hybridized carbons (Fsp3) is 0.148. The molecule has 484 valence electrons. The number of halogens is 9. The summed E-state index contributed by atoms with van der Waals surface area (Å²) in [5.74, 6) is -2.86. The van der Waals surface area contributed by atoms with Gasteiger partial charge >= 0.3 is 21.2 Å². The molecule has 6 aromatic carbocycles. The Hall–Kier alpha value is -4.60. The van der Waals surface area contributed by atoms with Gasteiger partial charge in [0.05, 0.1) is 5.41 Å². The maximum absolute atomic E-state index is 13.3. The van der Waals surface area contributed by atoms with Gasteiger partial charge in [0.2, 0.25) is 31.9 Å². The molecule has 3 heterocycles. The van der Waals surface area contributed by atoms with Crippen LogP contribution in [0.3, 0.4) is 0 Å². The van der Waals surface area contributed by atoms with E-state index in [2.05, 4.69) is 16.0 Å². The zero-order valence-corrected chi connectivity index (χ0v) is 59.9. The van der Waals surface area contributed by atoms with Crippen molar-refractivity contribution in [3.8, 4) is 0 Å². The minimum absolute atomic E-state index is 0.229. The van der Waals surface area contributed by atoms with E-state index in [-0.39, 0.29) is 11.1 Å². The lowest BCUT2D eigenvalue weighted by Crippen LogP contribution is -2.27. The number of carbonyl (C=O) groups is 4. The van der Waals surface area contributed by atoms with Crippen molar-refractivity contribution < 1.29 is 61.7 Å². The number of ether oxygens (including phenoxy) is 1. The summed E-state index contributed by atoms with van der Waals surface area (Å²) in [5.41, 5.74) is -2.47. The van der Waals surface area contributed by atoms with Gasteiger partial charge < -0.3 is 40.3 Å². The van der Waals surface area contributed by atoms with Crippen LogP contribution < -0.4 is 16.0 Å². The molecule has 0 bridgehead atoms. The number of amides is 3. The van der Waals surface area contributed by atoms with E-state index in [0.717, 1.165) is 14.1 Å². The molecule has 5 atom stereocenters. The summed E-state index contributed by atoms with van der Waals surface area (Å²) in [6.07, 6.45) is 8.65. The van der Waals surface area contributed by atoms with Crippen molar-refractivity contribution in [2.45, 2.75) is 37.7 Å². The molecule has 0 aliphatic carbocycles. The first-order valence-electron chi connectivity index (χ1n) is 26.4. The highest BCUT2D eigenvalue weighted by atomic mass is 35.5. The number of esters is 1. The van der Waals surface area contributed by atoms with Crippen molar-refractivity contribution >= 4 is 233 Å².